The summed E-state index contributed by atoms with van der Waals surface area (Å²) in [7, 11) is 2.03. The molecule has 4 nitrogen and oxygen atoms in total. The van der Waals surface area contributed by atoms with Crippen molar-refractivity contribution in [2.24, 2.45) is 0 Å². The van der Waals surface area contributed by atoms with E-state index in [-0.39, 0.29) is 5.54 Å². The summed E-state index contributed by atoms with van der Waals surface area (Å²) in [6, 6.07) is 7.91. The van der Waals surface area contributed by atoms with Crippen molar-refractivity contribution in [2.45, 2.75) is 38.3 Å². The van der Waals surface area contributed by atoms with Crippen molar-refractivity contribution in [3.8, 4) is 5.75 Å². The highest BCUT2D eigenvalue weighted by atomic mass is 16.5. The summed E-state index contributed by atoms with van der Waals surface area (Å²) in [6.07, 6.45) is 1.99. The summed E-state index contributed by atoms with van der Waals surface area (Å²) in [5, 5.41) is 13.2. The molecule has 0 bridgehead atoms. The molecule has 0 amide bonds. The maximum atomic E-state index is 9.66. The van der Waals surface area contributed by atoms with Crippen LogP contribution in [0.15, 0.2) is 24.3 Å². The topological polar surface area (TPSA) is 44.7 Å². The van der Waals surface area contributed by atoms with Crippen LogP contribution in [0, 0.1) is 0 Å². The second-order valence-corrected chi connectivity index (χ2v) is 6.03. The van der Waals surface area contributed by atoms with E-state index in [0.717, 1.165) is 39.1 Å². The molecule has 21 heavy (non-hydrogen) atoms. The Morgan fingerprint density at radius 3 is 2.67 bits per heavy atom. The molecular formula is C17H28N2O2. The van der Waals surface area contributed by atoms with Crippen molar-refractivity contribution < 1.29 is 9.84 Å². The summed E-state index contributed by atoms with van der Waals surface area (Å²) in [5.74, 6) is 0.340. The molecule has 0 radical (unpaired) electrons. The van der Waals surface area contributed by atoms with Crippen molar-refractivity contribution in [1.82, 2.24) is 10.2 Å². The van der Waals surface area contributed by atoms with Crippen LogP contribution < -0.4 is 5.32 Å². The Bertz CT molecular complexity index is 446. The minimum atomic E-state index is 0.0873. The van der Waals surface area contributed by atoms with E-state index in [1.54, 1.807) is 6.07 Å². The molecule has 0 aliphatic carbocycles. The molecule has 118 valence electrons. The van der Waals surface area contributed by atoms with Crippen LogP contribution in [0.25, 0.3) is 0 Å². The SMILES string of the molecule is CCC(C)(C(Cc1cccc(O)c1)NC)N1CCOCC1. The first kappa shape index (κ1) is 16.3. The van der Waals surface area contributed by atoms with Gasteiger partial charge in [0.25, 0.3) is 0 Å². The third-order valence-electron chi connectivity index (χ3n) is 4.90. The van der Waals surface area contributed by atoms with Gasteiger partial charge in [-0.25, -0.2) is 0 Å². The molecular weight excluding hydrogens is 264 g/mol. The summed E-state index contributed by atoms with van der Waals surface area (Å²) >= 11 is 0. The van der Waals surface area contributed by atoms with Gasteiger partial charge < -0.3 is 15.2 Å². The van der Waals surface area contributed by atoms with Crippen LogP contribution in [0.1, 0.15) is 25.8 Å². The zero-order chi connectivity index (χ0) is 15.3. The van der Waals surface area contributed by atoms with E-state index in [4.69, 9.17) is 4.74 Å². The second kappa shape index (κ2) is 7.25. The number of phenols is 1. The number of ether oxygens (including phenoxy) is 1. The molecule has 1 fully saturated rings. The van der Waals surface area contributed by atoms with Crippen molar-refractivity contribution in [1.29, 1.82) is 0 Å². The van der Waals surface area contributed by atoms with Crippen LogP contribution in [-0.2, 0) is 11.2 Å². The van der Waals surface area contributed by atoms with Gasteiger partial charge in [0.15, 0.2) is 0 Å². The van der Waals surface area contributed by atoms with E-state index in [2.05, 4.69) is 30.1 Å². The average molecular weight is 292 g/mol. The summed E-state index contributed by atoms with van der Waals surface area (Å²) in [4.78, 5) is 2.54. The van der Waals surface area contributed by atoms with Crippen molar-refractivity contribution in [3.05, 3.63) is 29.8 Å². The zero-order valence-electron chi connectivity index (χ0n) is 13.4. The van der Waals surface area contributed by atoms with Crippen LogP contribution in [0.2, 0.25) is 0 Å². The van der Waals surface area contributed by atoms with Gasteiger partial charge in [-0.2, -0.15) is 0 Å². The molecule has 0 saturated carbocycles. The fourth-order valence-electron chi connectivity index (χ4n) is 3.32. The normalized spacial score (nSPS) is 20.9. The first-order valence-corrected chi connectivity index (χ1v) is 7.88. The van der Waals surface area contributed by atoms with Gasteiger partial charge >= 0.3 is 0 Å². The largest absolute Gasteiger partial charge is 0.508 e. The van der Waals surface area contributed by atoms with Crippen molar-refractivity contribution in [3.63, 3.8) is 0 Å². The Kier molecular flexibility index (Phi) is 5.62. The molecule has 1 aliphatic rings. The van der Waals surface area contributed by atoms with Crippen LogP contribution in [0.3, 0.4) is 0 Å². The fourth-order valence-corrected chi connectivity index (χ4v) is 3.32. The standard InChI is InChI=1S/C17H28N2O2/c1-4-17(2,19-8-10-21-11-9-19)16(18-3)13-14-6-5-7-15(20)12-14/h5-7,12,16,18,20H,4,8-11,13H2,1-3H3. The third kappa shape index (κ3) is 3.76. The van der Waals surface area contributed by atoms with E-state index in [1.165, 1.54) is 5.56 Å². The molecule has 0 spiro atoms. The van der Waals surface area contributed by atoms with E-state index in [9.17, 15) is 5.11 Å². The highest BCUT2D eigenvalue weighted by Crippen LogP contribution is 2.27. The first-order chi connectivity index (χ1) is 10.1. The summed E-state index contributed by atoms with van der Waals surface area (Å²) < 4.78 is 5.49. The molecule has 1 aromatic rings. The lowest BCUT2D eigenvalue weighted by molar-refractivity contribution is -0.0313. The zero-order valence-corrected chi connectivity index (χ0v) is 13.4. The fraction of sp³-hybridized carbons (Fsp3) is 0.647. The van der Waals surface area contributed by atoms with Gasteiger partial charge in [-0.05, 0) is 44.5 Å². The van der Waals surface area contributed by atoms with Crippen LogP contribution in [0.5, 0.6) is 5.75 Å². The number of benzene rings is 1. The molecule has 2 unspecified atom stereocenters. The maximum absolute atomic E-state index is 9.66. The lowest BCUT2D eigenvalue weighted by atomic mass is 9.83. The van der Waals surface area contributed by atoms with Gasteiger partial charge in [0.05, 0.1) is 13.2 Å². The maximum Gasteiger partial charge on any atom is 0.115 e. The number of aromatic hydroxyl groups is 1. The minimum absolute atomic E-state index is 0.0873. The molecule has 1 aliphatic heterocycles. The van der Waals surface area contributed by atoms with Gasteiger partial charge in [0.1, 0.15) is 5.75 Å². The average Bonchev–Trinajstić information content (AvgIpc) is 2.53. The van der Waals surface area contributed by atoms with Crippen molar-refractivity contribution in [2.75, 3.05) is 33.4 Å². The van der Waals surface area contributed by atoms with Crippen LogP contribution in [-0.4, -0.2) is 54.9 Å². The molecule has 0 aromatic heterocycles. The van der Waals surface area contributed by atoms with Gasteiger partial charge in [-0.15, -0.1) is 0 Å². The second-order valence-electron chi connectivity index (χ2n) is 6.03. The Morgan fingerprint density at radius 2 is 2.10 bits per heavy atom. The summed E-state index contributed by atoms with van der Waals surface area (Å²) in [6.45, 7) is 8.20. The summed E-state index contributed by atoms with van der Waals surface area (Å²) in [5.41, 5.74) is 1.26. The molecule has 4 heteroatoms. The van der Waals surface area contributed by atoms with Crippen LogP contribution >= 0.6 is 0 Å². The molecule has 2 N–H and O–H groups in total. The number of hydrogen-bond acceptors (Lipinski definition) is 4. The highest BCUT2D eigenvalue weighted by molar-refractivity contribution is 5.28. The molecule has 2 atom stereocenters. The monoisotopic (exact) mass is 292 g/mol. The number of morpholine rings is 1. The van der Waals surface area contributed by atoms with Crippen molar-refractivity contribution >= 4 is 0 Å². The lowest BCUT2D eigenvalue weighted by Gasteiger charge is -2.48. The van der Waals surface area contributed by atoms with Gasteiger partial charge in [-0.1, -0.05) is 19.1 Å². The quantitative estimate of drug-likeness (QED) is 0.842. The predicted molar refractivity (Wildman–Crippen MR) is 85.7 cm³/mol. The molecule has 2 rings (SSSR count). The number of rotatable bonds is 6. The van der Waals surface area contributed by atoms with E-state index in [0.29, 0.717) is 11.8 Å². The number of nitrogens with zero attached hydrogens (tertiary/aromatic N) is 1. The number of likely N-dealkylation sites (N-methyl/N-ethyl adjacent to an activating group) is 1. The minimum Gasteiger partial charge on any atom is -0.508 e. The smallest absolute Gasteiger partial charge is 0.115 e. The number of hydrogen-bond donors (Lipinski definition) is 2. The van der Waals surface area contributed by atoms with Crippen LogP contribution in [0.4, 0.5) is 0 Å². The Morgan fingerprint density at radius 1 is 1.38 bits per heavy atom. The lowest BCUT2D eigenvalue weighted by Crippen LogP contribution is -2.61. The van der Waals surface area contributed by atoms with Gasteiger partial charge in [0.2, 0.25) is 0 Å². The first-order valence-electron chi connectivity index (χ1n) is 7.88. The Hall–Kier alpha value is -1.10. The predicted octanol–water partition coefficient (Wildman–Crippen LogP) is 2.02. The van der Waals surface area contributed by atoms with Gasteiger partial charge in [-0.3, -0.25) is 4.90 Å². The Balaban J connectivity index is 2.16. The molecule has 1 saturated heterocycles. The number of nitrogens with one attached hydrogen (secondary N) is 1. The van der Waals surface area contributed by atoms with E-state index < -0.39 is 0 Å². The van der Waals surface area contributed by atoms with E-state index in [1.807, 2.05) is 19.2 Å². The number of phenolic OH excluding ortho intramolecular Hbond substituents is 1. The molecule has 1 aromatic carbocycles. The third-order valence-corrected chi connectivity index (χ3v) is 4.90. The molecule has 1 heterocycles. The van der Waals surface area contributed by atoms with E-state index >= 15 is 0 Å². The highest BCUT2D eigenvalue weighted by Gasteiger charge is 2.38. The van der Waals surface area contributed by atoms with Gasteiger partial charge in [0, 0.05) is 24.7 Å². The Labute approximate surface area is 128 Å².